The summed E-state index contributed by atoms with van der Waals surface area (Å²) in [5.74, 6) is 0.975. The van der Waals surface area contributed by atoms with E-state index >= 15 is 0 Å². The second-order valence-corrected chi connectivity index (χ2v) is 5.80. The van der Waals surface area contributed by atoms with Crippen molar-refractivity contribution < 1.29 is 0 Å². The second-order valence-electron chi connectivity index (χ2n) is 5.41. The van der Waals surface area contributed by atoms with E-state index in [4.69, 9.17) is 11.6 Å². The van der Waals surface area contributed by atoms with Gasteiger partial charge in [-0.3, -0.25) is 4.90 Å². The zero-order chi connectivity index (χ0) is 14.8. The predicted octanol–water partition coefficient (Wildman–Crippen LogP) is 3.86. The van der Waals surface area contributed by atoms with Gasteiger partial charge in [-0.1, -0.05) is 48.0 Å². The minimum absolute atomic E-state index is 0.670. The first-order valence-electron chi connectivity index (χ1n) is 6.96. The smallest absolute Gasteiger partial charge is 0.128 e. The highest BCUT2D eigenvalue weighted by molar-refractivity contribution is 6.29. The molecule has 0 unspecified atom stereocenters. The number of aromatic nitrogens is 2. The average molecular weight is 300 g/mol. The third-order valence-corrected chi connectivity index (χ3v) is 4.06. The summed E-state index contributed by atoms with van der Waals surface area (Å²) in [6.45, 7) is 1.66. The van der Waals surface area contributed by atoms with Crippen molar-refractivity contribution in [2.24, 2.45) is 7.05 Å². The van der Waals surface area contributed by atoms with Gasteiger partial charge >= 0.3 is 0 Å². The van der Waals surface area contributed by atoms with E-state index in [9.17, 15) is 0 Å². The lowest BCUT2D eigenvalue weighted by Gasteiger charge is -2.17. The lowest BCUT2D eigenvalue weighted by molar-refractivity contribution is 0.307. The lowest BCUT2D eigenvalue weighted by Crippen LogP contribution is -2.19. The Morgan fingerprint density at radius 1 is 1.10 bits per heavy atom. The maximum atomic E-state index is 6.02. The third-order valence-electron chi connectivity index (χ3n) is 3.71. The van der Waals surface area contributed by atoms with Crippen molar-refractivity contribution in [3.8, 4) is 0 Å². The minimum atomic E-state index is 0.670. The normalized spacial score (nSPS) is 11.4. The molecule has 0 atom stereocenters. The maximum absolute atomic E-state index is 6.02. The number of benzene rings is 2. The molecule has 108 valence electrons. The van der Waals surface area contributed by atoms with Crippen LogP contribution in [0.3, 0.4) is 0 Å². The van der Waals surface area contributed by atoms with Crippen LogP contribution >= 0.6 is 11.6 Å². The first-order valence-corrected chi connectivity index (χ1v) is 7.33. The van der Waals surface area contributed by atoms with Gasteiger partial charge in [-0.2, -0.15) is 0 Å². The Morgan fingerprint density at radius 2 is 1.86 bits per heavy atom. The molecule has 0 aliphatic rings. The molecule has 0 aliphatic carbocycles. The largest absolute Gasteiger partial charge is 0.321 e. The summed E-state index contributed by atoms with van der Waals surface area (Å²) in [4.78, 5) is 6.58. The summed E-state index contributed by atoms with van der Waals surface area (Å²) < 4.78 is 1.92. The number of halogens is 1. The van der Waals surface area contributed by atoms with Gasteiger partial charge in [0.2, 0.25) is 0 Å². The Morgan fingerprint density at radius 3 is 2.57 bits per heavy atom. The van der Waals surface area contributed by atoms with Crippen molar-refractivity contribution in [1.29, 1.82) is 0 Å². The fourth-order valence-electron chi connectivity index (χ4n) is 2.52. The van der Waals surface area contributed by atoms with Crippen molar-refractivity contribution in [1.82, 2.24) is 14.5 Å². The van der Waals surface area contributed by atoms with Gasteiger partial charge in [-0.15, -0.1) is 0 Å². The molecule has 1 aromatic heterocycles. The van der Waals surface area contributed by atoms with Crippen molar-refractivity contribution >= 4 is 22.4 Å². The monoisotopic (exact) mass is 299 g/mol. The van der Waals surface area contributed by atoms with E-state index in [0.717, 1.165) is 18.9 Å². The highest BCUT2D eigenvalue weighted by Crippen LogP contribution is 2.17. The number of hydrogen-bond donors (Lipinski definition) is 0. The highest BCUT2D eigenvalue weighted by Gasteiger charge is 2.08. The molecular weight excluding hydrogens is 282 g/mol. The summed E-state index contributed by atoms with van der Waals surface area (Å²) in [5.41, 5.74) is 1.30. The van der Waals surface area contributed by atoms with Crippen LogP contribution in [0.25, 0.3) is 10.8 Å². The Hall–Kier alpha value is -1.84. The van der Waals surface area contributed by atoms with Crippen LogP contribution in [0.1, 0.15) is 11.4 Å². The maximum Gasteiger partial charge on any atom is 0.128 e. The van der Waals surface area contributed by atoms with E-state index in [-0.39, 0.29) is 0 Å². The van der Waals surface area contributed by atoms with Crippen LogP contribution in [0.5, 0.6) is 0 Å². The summed E-state index contributed by atoms with van der Waals surface area (Å²) in [6.07, 6.45) is 1.70. The molecule has 0 fully saturated rings. The van der Waals surface area contributed by atoms with Crippen LogP contribution < -0.4 is 0 Å². The molecule has 0 radical (unpaired) electrons. The van der Waals surface area contributed by atoms with Crippen molar-refractivity contribution in [3.05, 3.63) is 65.2 Å². The molecule has 0 saturated carbocycles. The lowest BCUT2D eigenvalue weighted by atomic mass is 10.1. The van der Waals surface area contributed by atoms with E-state index < -0.39 is 0 Å². The number of nitrogens with zero attached hydrogens (tertiary/aromatic N) is 3. The molecule has 2 aromatic carbocycles. The van der Waals surface area contributed by atoms with Crippen molar-refractivity contribution in [3.63, 3.8) is 0 Å². The molecule has 4 heteroatoms. The second kappa shape index (κ2) is 5.88. The number of fused-ring (bicyclic) bond motifs is 1. The van der Waals surface area contributed by atoms with Gasteiger partial charge in [0.05, 0.1) is 12.7 Å². The number of rotatable bonds is 4. The van der Waals surface area contributed by atoms with Crippen LogP contribution in [-0.4, -0.2) is 21.5 Å². The quantitative estimate of drug-likeness (QED) is 0.729. The van der Waals surface area contributed by atoms with Crippen LogP contribution in [-0.2, 0) is 20.1 Å². The average Bonchev–Trinajstić information content (AvgIpc) is 2.79. The van der Waals surface area contributed by atoms with E-state index in [1.54, 1.807) is 6.20 Å². The fourth-order valence-corrected chi connectivity index (χ4v) is 2.66. The van der Waals surface area contributed by atoms with Crippen LogP contribution in [0, 0.1) is 0 Å². The van der Waals surface area contributed by atoms with Crippen LogP contribution in [0.4, 0.5) is 0 Å². The molecule has 0 amide bonds. The molecule has 3 aromatic rings. The van der Waals surface area contributed by atoms with E-state index in [2.05, 4.69) is 59.4 Å². The van der Waals surface area contributed by atoms with E-state index in [1.807, 2.05) is 11.6 Å². The molecular formula is C17H18ClN3. The van der Waals surface area contributed by atoms with Gasteiger partial charge in [0.15, 0.2) is 0 Å². The van der Waals surface area contributed by atoms with E-state index in [1.165, 1.54) is 16.3 Å². The highest BCUT2D eigenvalue weighted by atomic mass is 35.5. The molecule has 3 nitrogen and oxygen atoms in total. The van der Waals surface area contributed by atoms with Gasteiger partial charge in [0.25, 0.3) is 0 Å². The molecule has 0 saturated heterocycles. The summed E-state index contributed by atoms with van der Waals surface area (Å²) in [7, 11) is 4.03. The fraction of sp³-hybridized carbons (Fsp3) is 0.235. The molecule has 1 heterocycles. The molecule has 0 bridgehead atoms. The van der Waals surface area contributed by atoms with Crippen LogP contribution in [0.15, 0.2) is 48.7 Å². The molecule has 3 rings (SSSR count). The Kier molecular flexibility index (Phi) is 3.95. The molecule has 0 N–H and O–H groups in total. The summed E-state index contributed by atoms with van der Waals surface area (Å²) >= 11 is 6.02. The molecule has 21 heavy (non-hydrogen) atoms. The first kappa shape index (κ1) is 14.1. The summed E-state index contributed by atoms with van der Waals surface area (Å²) in [5, 5.41) is 3.23. The van der Waals surface area contributed by atoms with Gasteiger partial charge in [0.1, 0.15) is 11.0 Å². The first-order chi connectivity index (χ1) is 10.1. The topological polar surface area (TPSA) is 21.1 Å². The van der Waals surface area contributed by atoms with Gasteiger partial charge in [-0.05, 0) is 29.4 Å². The Bertz CT molecular complexity index is 764. The number of hydrogen-bond acceptors (Lipinski definition) is 2. The van der Waals surface area contributed by atoms with E-state index in [0.29, 0.717) is 5.15 Å². The number of imidazole rings is 1. The summed E-state index contributed by atoms with van der Waals surface area (Å²) in [6, 6.07) is 15.0. The standard InChI is InChI=1S/C17H18ClN3/c1-20(12-17-19-10-16(18)21(17)2)11-13-7-8-14-5-3-4-6-15(14)9-13/h3-10H,11-12H2,1-2H3. The van der Waals surface area contributed by atoms with Crippen LogP contribution in [0.2, 0.25) is 5.15 Å². The van der Waals surface area contributed by atoms with Crippen molar-refractivity contribution in [2.45, 2.75) is 13.1 Å². The Balaban J connectivity index is 1.73. The minimum Gasteiger partial charge on any atom is -0.321 e. The van der Waals surface area contributed by atoms with Gasteiger partial charge in [-0.25, -0.2) is 4.98 Å². The third kappa shape index (κ3) is 3.09. The molecule has 0 spiro atoms. The van der Waals surface area contributed by atoms with Gasteiger partial charge in [0, 0.05) is 13.6 Å². The SMILES string of the molecule is CN(Cc1ccc2ccccc2c1)Cc1ncc(Cl)n1C. The zero-order valence-corrected chi connectivity index (χ0v) is 13.0. The Labute approximate surface area is 129 Å². The zero-order valence-electron chi connectivity index (χ0n) is 12.3. The predicted molar refractivity (Wildman–Crippen MR) is 87.3 cm³/mol. The van der Waals surface area contributed by atoms with Crippen molar-refractivity contribution in [2.75, 3.05) is 7.05 Å². The molecule has 0 aliphatic heterocycles. The van der Waals surface area contributed by atoms with Gasteiger partial charge < -0.3 is 4.57 Å².